The molecule has 2 aromatic carbocycles. The zero-order valence-corrected chi connectivity index (χ0v) is 16.2. The average molecular weight is 367 g/mol. The highest BCUT2D eigenvalue weighted by Gasteiger charge is 2.29. The van der Waals surface area contributed by atoms with Gasteiger partial charge in [-0.3, -0.25) is 9.69 Å². The second-order valence-corrected chi connectivity index (χ2v) is 7.15. The lowest BCUT2D eigenvalue weighted by molar-refractivity contribution is -0.124. The van der Waals surface area contributed by atoms with Crippen LogP contribution in [0.1, 0.15) is 18.5 Å². The number of carbonyl (C=O) groups is 1. The number of hydrogen-bond acceptors (Lipinski definition) is 4. The van der Waals surface area contributed by atoms with E-state index in [9.17, 15) is 4.79 Å². The largest absolute Gasteiger partial charge is 0.484 e. The first-order valence-electron chi connectivity index (χ1n) is 9.58. The standard InChI is InChI=1S/C22H29N3O2/c1-18(23-21(26)17-27-20-11-7-4-8-12-20)22(19-9-5-3-6-10-19)25-15-13-24(2)14-16-25/h3-12,18,22H,13-17H2,1-2H3,(H,23,26)/t18-,22+/m0/s1. The third-order valence-corrected chi connectivity index (χ3v) is 5.05. The predicted molar refractivity (Wildman–Crippen MR) is 108 cm³/mol. The maximum atomic E-state index is 12.4. The molecule has 3 rings (SSSR count). The number of hydrogen-bond donors (Lipinski definition) is 1. The minimum Gasteiger partial charge on any atom is -0.484 e. The highest BCUT2D eigenvalue weighted by Crippen LogP contribution is 2.25. The lowest BCUT2D eigenvalue weighted by Crippen LogP contribution is -2.52. The lowest BCUT2D eigenvalue weighted by atomic mass is 9.97. The van der Waals surface area contributed by atoms with Gasteiger partial charge < -0.3 is 15.0 Å². The quantitative estimate of drug-likeness (QED) is 0.817. The first kappa shape index (κ1) is 19.4. The summed E-state index contributed by atoms with van der Waals surface area (Å²) in [5.74, 6) is 0.611. The Bertz CT molecular complexity index is 700. The molecule has 2 aromatic rings. The van der Waals surface area contributed by atoms with Crippen molar-refractivity contribution < 1.29 is 9.53 Å². The van der Waals surface area contributed by atoms with Gasteiger partial charge in [0.2, 0.25) is 0 Å². The molecule has 0 bridgehead atoms. The molecule has 0 radical (unpaired) electrons. The van der Waals surface area contributed by atoms with Crippen LogP contribution in [0.3, 0.4) is 0 Å². The molecule has 1 N–H and O–H groups in total. The maximum absolute atomic E-state index is 12.4. The fraction of sp³-hybridized carbons (Fsp3) is 0.409. The van der Waals surface area contributed by atoms with Crippen molar-refractivity contribution in [3.8, 4) is 5.75 Å². The average Bonchev–Trinajstić information content (AvgIpc) is 2.70. The molecule has 0 aromatic heterocycles. The van der Waals surface area contributed by atoms with Crippen LogP contribution < -0.4 is 10.1 Å². The van der Waals surface area contributed by atoms with Gasteiger partial charge in [-0.25, -0.2) is 0 Å². The van der Waals surface area contributed by atoms with Crippen LogP contribution in [0.2, 0.25) is 0 Å². The first-order chi connectivity index (χ1) is 13.1. The number of nitrogens with zero attached hydrogens (tertiary/aromatic N) is 2. The number of likely N-dealkylation sites (N-methyl/N-ethyl adjacent to an activating group) is 1. The van der Waals surface area contributed by atoms with Crippen molar-refractivity contribution in [3.63, 3.8) is 0 Å². The molecule has 27 heavy (non-hydrogen) atoms. The van der Waals surface area contributed by atoms with E-state index in [4.69, 9.17) is 4.74 Å². The van der Waals surface area contributed by atoms with Crippen molar-refractivity contribution in [2.75, 3.05) is 39.8 Å². The summed E-state index contributed by atoms with van der Waals surface area (Å²) in [5.41, 5.74) is 1.24. The third kappa shape index (κ3) is 5.55. The molecule has 144 valence electrons. The third-order valence-electron chi connectivity index (χ3n) is 5.05. The Morgan fingerprint density at radius 2 is 1.59 bits per heavy atom. The molecule has 1 aliphatic rings. The zero-order valence-electron chi connectivity index (χ0n) is 16.2. The van der Waals surface area contributed by atoms with Crippen molar-refractivity contribution in [1.29, 1.82) is 0 Å². The van der Waals surface area contributed by atoms with Gasteiger partial charge in [-0.15, -0.1) is 0 Å². The molecule has 2 atom stereocenters. The molecule has 1 fully saturated rings. The fourth-order valence-corrected chi connectivity index (χ4v) is 3.61. The zero-order chi connectivity index (χ0) is 19.1. The van der Waals surface area contributed by atoms with Crippen LogP contribution in [0.5, 0.6) is 5.75 Å². The van der Waals surface area contributed by atoms with Crippen molar-refractivity contribution in [2.24, 2.45) is 0 Å². The molecule has 1 amide bonds. The first-order valence-corrected chi connectivity index (χ1v) is 9.58. The van der Waals surface area contributed by atoms with E-state index in [1.165, 1.54) is 5.56 Å². The molecule has 5 nitrogen and oxygen atoms in total. The van der Waals surface area contributed by atoms with E-state index in [-0.39, 0.29) is 24.6 Å². The number of amides is 1. The Kier molecular flexibility index (Phi) is 6.85. The summed E-state index contributed by atoms with van der Waals surface area (Å²) >= 11 is 0. The summed E-state index contributed by atoms with van der Waals surface area (Å²) in [7, 11) is 2.15. The summed E-state index contributed by atoms with van der Waals surface area (Å²) in [5, 5.41) is 3.14. The van der Waals surface area contributed by atoms with Crippen molar-refractivity contribution in [2.45, 2.75) is 19.0 Å². The topological polar surface area (TPSA) is 44.8 Å². The van der Waals surface area contributed by atoms with Crippen LogP contribution in [0.15, 0.2) is 60.7 Å². The van der Waals surface area contributed by atoms with Gasteiger partial charge in [0, 0.05) is 32.2 Å². The van der Waals surface area contributed by atoms with Gasteiger partial charge in [0.1, 0.15) is 5.75 Å². The number of para-hydroxylation sites is 1. The molecule has 1 aliphatic heterocycles. The fourth-order valence-electron chi connectivity index (χ4n) is 3.61. The molecule has 1 heterocycles. The van der Waals surface area contributed by atoms with Crippen molar-refractivity contribution in [1.82, 2.24) is 15.1 Å². The Balaban J connectivity index is 1.63. The number of carbonyl (C=O) groups excluding carboxylic acids is 1. The van der Waals surface area contributed by atoms with Gasteiger partial charge >= 0.3 is 0 Å². The molecule has 1 saturated heterocycles. The van der Waals surface area contributed by atoms with Crippen LogP contribution >= 0.6 is 0 Å². The number of benzene rings is 2. The summed E-state index contributed by atoms with van der Waals surface area (Å²) < 4.78 is 5.58. The van der Waals surface area contributed by atoms with E-state index in [1.807, 2.05) is 36.4 Å². The van der Waals surface area contributed by atoms with Gasteiger partial charge in [0.25, 0.3) is 5.91 Å². The molecule has 0 saturated carbocycles. The normalized spacial score (nSPS) is 17.9. The maximum Gasteiger partial charge on any atom is 0.258 e. The van der Waals surface area contributed by atoms with Crippen molar-refractivity contribution >= 4 is 5.91 Å². The number of piperazine rings is 1. The number of ether oxygens (including phenoxy) is 1. The molecular formula is C22H29N3O2. The van der Waals surface area contributed by atoms with Crippen LogP contribution in [0.4, 0.5) is 0 Å². The Hall–Kier alpha value is -2.37. The van der Waals surface area contributed by atoms with Gasteiger partial charge in [-0.05, 0) is 31.7 Å². The summed E-state index contributed by atoms with van der Waals surface area (Å²) in [4.78, 5) is 17.2. The van der Waals surface area contributed by atoms with Gasteiger partial charge in [0.15, 0.2) is 6.61 Å². The molecule has 0 aliphatic carbocycles. The van der Waals surface area contributed by atoms with E-state index < -0.39 is 0 Å². The molecule has 0 unspecified atom stereocenters. The van der Waals surface area contributed by atoms with Crippen LogP contribution in [-0.4, -0.2) is 61.6 Å². The van der Waals surface area contributed by atoms with E-state index in [0.717, 1.165) is 26.2 Å². The molecule has 5 heteroatoms. The van der Waals surface area contributed by atoms with E-state index in [2.05, 4.69) is 53.4 Å². The summed E-state index contributed by atoms with van der Waals surface area (Å²) in [6.07, 6.45) is 0. The Morgan fingerprint density at radius 1 is 1.00 bits per heavy atom. The van der Waals surface area contributed by atoms with Gasteiger partial charge in [0.05, 0.1) is 6.04 Å². The van der Waals surface area contributed by atoms with Gasteiger partial charge in [-0.2, -0.15) is 0 Å². The highest BCUT2D eigenvalue weighted by molar-refractivity contribution is 5.77. The predicted octanol–water partition coefficient (Wildman–Crippen LogP) is 2.56. The monoisotopic (exact) mass is 367 g/mol. The Morgan fingerprint density at radius 3 is 2.22 bits per heavy atom. The minimum atomic E-state index is -0.0959. The lowest BCUT2D eigenvalue weighted by Gasteiger charge is -2.41. The number of nitrogens with one attached hydrogen (secondary N) is 1. The van der Waals surface area contributed by atoms with Crippen molar-refractivity contribution in [3.05, 3.63) is 66.2 Å². The van der Waals surface area contributed by atoms with Gasteiger partial charge in [-0.1, -0.05) is 48.5 Å². The molecular weight excluding hydrogens is 338 g/mol. The van der Waals surface area contributed by atoms with E-state index >= 15 is 0 Å². The minimum absolute atomic E-state index is 0.0114. The summed E-state index contributed by atoms with van der Waals surface area (Å²) in [6.45, 7) is 6.19. The second kappa shape index (κ2) is 9.53. The summed E-state index contributed by atoms with van der Waals surface area (Å²) in [6, 6.07) is 20.0. The molecule has 0 spiro atoms. The highest BCUT2D eigenvalue weighted by atomic mass is 16.5. The van der Waals surface area contributed by atoms with E-state index in [0.29, 0.717) is 5.75 Å². The Labute approximate surface area is 161 Å². The SMILES string of the molecule is C[C@H](NC(=O)COc1ccccc1)[C@H](c1ccccc1)N1CCN(C)CC1. The van der Waals surface area contributed by atoms with E-state index in [1.54, 1.807) is 0 Å². The smallest absolute Gasteiger partial charge is 0.258 e. The van der Waals surface area contributed by atoms with Crippen LogP contribution in [-0.2, 0) is 4.79 Å². The van der Waals surface area contributed by atoms with Crippen LogP contribution in [0, 0.1) is 0 Å². The second-order valence-electron chi connectivity index (χ2n) is 7.15. The number of rotatable bonds is 7. The van der Waals surface area contributed by atoms with Crippen LogP contribution in [0.25, 0.3) is 0 Å².